The predicted molar refractivity (Wildman–Crippen MR) is 77.7 cm³/mol. The minimum absolute atomic E-state index is 0.135. The molecule has 1 atom stereocenters. The van der Waals surface area contributed by atoms with Gasteiger partial charge in [-0.15, -0.1) is 11.3 Å². The smallest absolute Gasteiger partial charge is 0.106 e. The van der Waals surface area contributed by atoms with Crippen LogP contribution in [0.2, 0.25) is 0 Å². The van der Waals surface area contributed by atoms with Crippen LogP contribution in [0.5, 0.6) is 0 Å². The van der Waals surface area contributed by atoms with E-state index in [9.17, 15) is 0 Å². The molecule has 0 saturated carbocycles. The Balaban J connectivity index is 1.84. The van der Waals surface area contributed by atoms with Crippen molar-refractivity contribution in [3.63, 3.8) is 0 Å². The first-order valence-electron chi connectivity index (χ1n) is 6.74. The predicted octanol–water partition coefficient (Wildman–Crippen LogP) is 2.34. The third-order valence-electron chi connectivity index (χ3n) is 3.45. The van der Waals surface area contributed by atoms with Gasteiger partial charge in [-0.2, -0.15) is 0 Å². The molecule has 2 rings (SSSR count). The van der Waals surface area contributed by atoms with Crippen molar-refractivity contribution in [2.45, 2.75) is 44.8 Å². The molecule has 108 valence electrons. The summed E-state index contributed by atoms with van der Waals surface area (Å²) in [7, 11) is 1.76. The zero-order chi connectivity index (χ0) is 13.9. The van der Waals surface area contributed by atoms with E-state index in [0.29, 0.717) is 6.61 Å². The van der Waals surface area contributed by atoms with Gasteiger partial charge in [-0.3, -0.25) is 0 Å². The molecule has 0 bridgehead atoms. The second-order valence-corrected chi connectivity index (χ2v) is 7.05. The van der Waals surface area contributed by atoms with Crippen LogP contribution in [-0.2, 0) is 21.4 Å². The fourth-order valence-corrected chi connectivity index (χ4v) is 3.02. The lowest BCUT2D eigenvalue weighted by Gasteiger charge is -2.25. The van der Waals surface area contributed by atoms with Crippen molar-refractivity contribution in [1.82, 2.24) is 10.3 Å². The van der Waals surface area contributed by atoms with Crippen LogP contribution in [0, 0.1) is 0 Å². The summed E-state index contributed by atoms with van der Waals surface area (Å²) < 4.78 is 11.0. The Bertz CT molecular complexity index is 406. The van der Waals surface area contributed by atoms with Gasteiger partial charge in [-0.05, 0) is 0 Å². The van der Waals surface area contributed by atoms with Crippen LogP contribution in [0.15, 0.2) is 5.38 Å². The van der Waals surface area contributed by atoms with Gasteiger partial charge in [0.2, 0.25) is 0 Å². The number of hydrogen-bond donors (Lipinski definition) is 1. The summed E-state index contributed by atoms with van der Waals surface area (Å²) in [6, 6.07) is 0. The summed E-state index contributed by atoms with van der Waals surface area (Å²) >= 11 is 1.74. The summed E-state index contributed by atoms with van der Waals surface area (Å²) in [5.41, 5.74) is 1.10. The molecule has 0 aliphatic carbocycles. The zero-order valence-corrected chi connectivity index (χ0v) is 13.1. The Labute approximate surface area is 119 Å². The third-order valence-corrected chi connectivity index (χ3v) is 4.76. The molecule has 4 nitrogen and oxygen atoms in total. The van der Waals surface area contributed by atoms with E-state index in [2.05, 4.69) is 36.5 Å². The van der Waals surface area contributed by atoms with E-state index >= 15 is 0 Å². The van der Waals surface area contributed by atoms with Gasteiger partial charge in [0.15, 0.2) is 0 Å². The van der Waals surface area contributed by atoms with E-state index in [-0.39, 0.29) is 11.0 Å². The normalized spacial score (nSPS) is 24.0. The van der Waals surface area contributed by atoms with Gasteiger partial charge in [-0.1, -0.05) is 20.8 Å². The molecule has 1 aliphatic heterocycles. The average Bonchev–Trinajstić information content (AvgIpc) is 2.97. The van der Waals surface area contributed by atoms with Gasteiger partial charge in [0.25, 0.3) is 0 Å². The first-order valence-corrected chi connectivity index (χ1v) is 7.62. The van der Waals surface area contributed by atoms with Gasteiger partial charge < -0.3 is 14.8 Å². The second-order valence-electron chi connectivity index (χ2n) is 6.19. The quantitative estimate of drug-likeness (QED) is 0.901. The number of rotatable bonds is 5. The molecule has 5 heteroatoms. The highest BCUT2D eigenvalue weighted by atomic mass is 32.1. The monoisotopic (exact) mass is 284 g/mol. The lowest BCUT2D eigenvalue weighted by molar-refractivity contribution is -0.0159. The molecule has 1 aromatic rings. The lowest BCUT2D eigenvalue weighted by Crippen LogP contribution is -2.42. The topological polar surface area (TPSA) is 43.4 Å². The summed E-state index contributed by atoms with van der Waals surface area (Å²) in [6.45, 7) is 9.65. The van der Waals surface area contributed by atoms with Crippen molar-refractivity contribution in [3.05, 3.63) is 16.1 Å². The first-order chi connectivity index (χ1) is 8.95. The van der Waals surface area contributed by atoms with Gasteiger partial charge in [0.1, 0.15) is 5.60 Å². The van der Waals surface area contributed by atoms with E-state index in [1.807, 2.05) is 0 Å². The standard InChI is InChI=1S/C14H24N2O2S/c1-13(2,3)12-16-11(8-19-12)7-15-9-14(17-4)5-6-18-10-14/h8,15H,5-7,9-10H2,1-4H3. The largest absolute Gasteiger partial charge is 0.378 e. The number of thiazole rings is 1. The molecule has 1 aliphatic rings. The third kappa shape index (κ3) is 3.75. The van der Waals surface area contributed by atoms with Gasteiger partial charge in [0, 0.05) is 44.0 Å². The summed E-state index contributed by atoms with van der Waals surface area (Å²) in [5.74, 6) is 0. The van der Waals surface area contributed by atoms with Crippen molar-refractivity contribution in [1.29, 1.82) is 0 Å². The van der Waals surface area contributed by atoms with E-state index in [0.717, 1.165) is 31.8 Å². The highest BCUT2D eigenvalue weighted by molar-refractivity contribution is 7.09. The van der Waals surface area contributed by atoms with E-state index in [1.165, 1.54) is 5.01 Å². The molecule has 1 saturated heterocycles. The van der Waals surface area contributed by atoms with Crippen LogP contribution in [0.3, 0.4) is 0 Å². The van der Waals surface area contributed by atoms with Crippen LogP contribution < -0.4 is 5.32 Å². The van der Waals surface area contributed by atoms with Crippen molar-refractivity contribution < 1.29 is 9.47 Å². The van der Waals surface area contributed by atoms with Crippen molar-refractivity contribution in [2.24, 2.45) is 0 Å². The molecule has 2 heterocycles. The maximum absolute atomic E-state index is 5.59. The Morgan fingerprint density at radius 3 is 2.84 bits per heavy atom. The average molecular weight is 284 g/mol. The number of aromatic nitrogens is 1. The molecular formula is C14H24N2O2S. The Morgan fingerprint density at radius 1 is 1.53 bits per heavy atom. The van der Waals surface area contributed by atoms with Gasteiger partial charge >= 0.3 is 0 Å². The molecular weight excluding hydrogens is 260 g/mol. The van der Waals surface area contributed by atoms with Crippen LogP contribution >= 0.6 is 11.3 Å². The summed E-state index contributed by atoms with van der Waals surface area (Å²) in [6.07, 6.45) is 0.959. The number of ether oxygens (including phenoxy) is 2. The van der Waals surface area contributed by atoms with Gasteiger partial charge in [0.05, 0.1) is 17.3 Å². The number of methoxy groups -OCH3 is 1. The molecule has 1 unspecified atom stereocenters. The maximum Gasteiger partial charge on any atom is 0.106 e. The number of nitrogens with one attached hydrogen (secondary N) is 1. The van der Waals surface area contributed by atoms with Crippen molar-refractivity contribution in [3.8, 4) is 0 Å². The SMILES string of the molecule is COC1(CNCc2csc(C(C)(C)C)n2)CCOC1. The number of nitrogens with zero attached hydrogens (tertiary/aromatic N) is 1. The number of hydrogen-bond acceptors (Lipinski definition) is 5. The molecule has 19 heavy (non-hydrogen) atoms. The summed E-state index contributed by atoms with van der Waals surface area (Å²) in [5, 5.41) is 6.77. The molecule has 0 radical (unpaired) electrons. The molecule has 0 aromatic carbocycles. The highest BCUT2D eigenvalue weighted by Crippen LogP contribution is 2.26. The van der Waals surface area contributed by atoms with E-state index in [1.54, 1.807) is 18.4 Å². The van der Waals surface area contributed by atoms with Crippen LogP contribution in [0.25, 0.3) is 0 Å². The molecule has 1 fully saturated rings. The lowest BCUT2D eigenvalue weighted by atomic mass is 9.98. The second kappa shape index (κ2) is 5.87. The summed E-state index contributed by atoms with van der Waals surface area (Å²) in [4.78, 5) is 4.68. The Kier molecular flexibility index (Phi) is 4.61. The first kappa shape index (κ1) is 14.9. The van der Waals surface area contributed by atoms with E-state index in [4.69, 9.17) is 9.47 Å². The molecule has 1 N–H and O–H groups in total. The maximum atomic E-state index is 5.59. The van der Waals surface area contributed by atoms with Crippen LogP contribution in [0.4, 0.5) is 0 Å². The minimum atomic E-state index is -0.150. The minimum Gasteiger partial charge on any atom is -0.378 e. The van der Waals surface area contributed by atoms with Crippen molar-refractivity contribution >= 4 is 11.3 Å². The molecule has 1 aromatic heterocycles. The highest BCUT2D eigenvalue weighted by Gasteiger charge is 2.34. The fourth-order valence-electron chi connectivity index (χ4n) is 2.11. The van der Waals surface area contributed by atoms with Crippen LogP contribution in [0.1, 0.15) is 37.9 Å². The van der Waals surface area contributed by atoms with Crippen LogP contribution in [-0.4, -0.2) is 37.5 Å². The zero-order valence-electron chi connectivity index (χ0n) is 12.3. The Hall–Kier alpha value is -0.490. The molecule has 0 spiro atoms. The van der Waals surface area contributed by atoms with Crippen molar-refractivity contribution in [2.75, 3.05) is 26.9 Å². The fraction of sp³-hybridized carbons (Fsp3) is 0.786. The molecule has 0 amide bonds. The van der Waals surface area contributed by atoms with E-state index < -0.39 is 0 Å². The van der Waals surface area contributed by atoms with Gasteiger partial charge in [-0.25, -0.2) is 4.98 Å². The Morgan fingerprint density at radius 2 is 2.32 bits per heavy atom.